The molecule has 0 aromatic heterocycles. The van der Waals surface area contributed by atoms with Crippen LogP contribution in [0.1, 0.15) is 13.3 Å². The summed E-state index contributed by atoms with van der Waals surface area (Å²) in [4.78, 5) is 34.7. The quantitative estimate of drug-likeness (QED) is 0.131. The van der Waals surface area contributed by atoms with Gasteiger partial charge in [-0.2, -0.15) is 75.8 Å². The highest BCUT2D eigenvalue weighted by Gasteiger charge is 2.35. The molecule has 12 heteroatoms. The van der Waals surface area contributed by atoms with Gasteiger partial charge in [0.2, 0.25) is 0 Å². The van der Waals surface area contributed by atoms with Gasteiger partial charge in [0.25, 0.3) is 0 Å². The van der Waals surface area contributed by atoms with E-state index in [0.717, 1.165) is 0 Å². The molecule has 0 heterocycles. The predicted octanol–water partition coefficient (Wildman–Crippen LogP) is 1.57. The molecule has 0 aromatic carbocycles. The van der Waals surface area contributed by atoms with Gasteiger partial charge in [-0.3, -0.25) is 0 Å². The molecule has 0 spiro atoms. The maximum atomic E-state index is 11.6. The molecule has 0 amide bonds. The van der Waals surface area contributed by atoms with Crippen LogP contribution in [-0.4, -0.2) is 51.5 Å². The summed E-state index contributed by atoms with van der Waals surface area (Å²) in [5, 5.41) is 0. The minimum Gasteiger partial charge on any atom is -0.463 e. The average Bonchev–Trinajstić information content (AvgIpc) is 2.53. The standard InChI is InChI=1S/C12H20O6S6/c1-2-12(3-16-6(13)9(19)20,4-17-7(14)10(21)22)5-18-8(15)11(23)24/h9-11,19-24H,2-5H2,1H3. The van der Waals surface area contributed by atoms with Crippen molar-refractivity contribution in [3.63, 3.8) is 0 Å². The van der Waals surface area contributed by atoms with E-state index in [1.54, 1.807) is 6.92 Å². The highest BCUT2D eigenvalue weighted by atomic mass is 32.2. The molecule has 0 saturated carbocycles. The third kappa shape index (κ3) is 9.27. The summed E-state index contributed by atoms with van der Waals surface area (Å²) in [6.07, 6.45) is 0.387. The van der Waals surface area contributed by atoms with Crippen molar-refractivity contribution in [3.05, 3.63) is 0 Å². The van der Waals surface area contributed by atoms with E-state index in [0.29, 0.717) is 6.42 Å². The first-order valence-electron chi connectivity index (χ1n) is 6.63. The molecule has 0 bridgehead atoms. The molecule has 0 rings (SSSR count). The zero-order valence-corrected chi connectivity index (χ0v) is 18.1. The molecule has 0 fully saturated rings. The fourth-order valence-electron chi connectivity index (χ4n) is 1.33. The van der Waals surface area contributed by atoms with Gasteiger partial charge in [0.1, 0.15) is 33.6 Å². The maximum Gasteiger partial charge on any atom is 0.328 e. The van der Waals surface area contributed by atoms with Crippen molar-refractivity contribution in [2.75, 3.05) is 19.8 Å². The van der Waals surface area contributed by atoms with Crippen molar-refractivity contribution in [2.24, 2.45) is 5.41 Å². The Morgan fingerprint density at radius 1 is 0.708 bits per heavy atom. The third-order valence-corrected chi connectivity index (χ3v) is 4.21. The third-order valence-electron chi connectivity index (χ3n) is 2.94. The van der Waals surface area contributed by atoms with E-state index in [2.05, 4.69) is 75.8 Å². The molecule has 0 radical (unpaired) electrons. The van der Waals surface area contributed by atoms with Crippen LogP contribution in [0.5, 0.6) is 0 Å². The number of hydrogen-bond donors (Lipinski definition) is 6. The zero-order chi connectivity index (χ0) is 18.9. The van der Waals surface area contributed by atoms with Crippen molar-refractivity contribution in [1.29, 1.82) is 0 Å². The van der Waals surface area contributed by atoms with Gasteiger partial charge in [-0.1, -0.05) is 6.92 Å². The van der Waals surface area contributed by atoms with Crippen molar-refractivity contribution in [1.82, 2.24) is 0 Å². The number of carbonyl (C=O) groups excluding carboxylic acids is 3. The zero-order valence-electron chi connectivity index (χ0n) is 12.7. The van der Waals surface area contributed by atoms with Gasteiger partial charge >= 0.3 is 17.9 Å². The van der Waals surface area contributed by atoms with E-state index in [-0.39, 0.29) is 19.8 Å². The van der Waals surface area contributed by atoms with Crippen molar-refractivity contribution in [3.8, 4) is 0 Å². The molecule has 0 atom stereocenters. The SMILES string of the molecule is CCC(COC(=O)C(S)S)(COC(=O)C(S)S)COC(=O)C(S)S. The number of ether oxygens (including phenoxy) is 3. The smallest absolute Gasteiger partial charge is 0.328 e. The lowest BCUT2D eigenvalue weighted by atomic mass is 9.88. The van der Waals surface area contributed by atoms with Crippen molar-refractivity contribution >= 4 is 93.7 Å². The molecule has 0 N–H and O–H groups in total. The summed E-state index contributed by atoms with van der Waals surface area (Å²) in [5.41, 5.74) is -0.940. The van der Waals surface area contributed by atoms with Crippen LogP contribution < -0.4 is 0 Å². The van der Waals surface area contributed by atoms with E-state index in [9.17, 15) is 14.4 Å². The van der Waals surface area contributed by atoms with Gasteiger partial charge in [-0.05, 0) is 6.42 Å². The molecule has 6 nitrogen and oxygen atoms in total. The van der Waals surface area contributed by atoms with Gasteiger partial charge in [0, 0.05) is 0 Å². The molecule has 0 aliphatic carbocycles. The second-order valence-corrected chi connectivity index (χ2v) is 9.12. The molecule has 0 aromatic rings. The largest absolute Gasteiger partial charge is 0.463 e. The molecule has 140 valence electrons. The van der Waals surface area contributed by atoms with E-state index in [4.69, 9.17) is 14.2 Å². The Morgan fingerprint density at radius 3 is 1.12 bits per heavy atom. The van der Waals surface area contributed by atoms with Gasteiger partial charge in [-0.25, -0.2) is 14.4 Å². The second-order valence-electron chi connectivity index (χ2n) is 4.80. The second kappa shape index (κ2) is 12.0. The lowest BCUT2D eigenvalue weighted by Gasteiger charge is -2.31. The predicted molar refractivity (Wildman–Crippen MR) is 111 cm³/mol. The number of thiol groups is 6. The molecule has 24 heavy (non-hydrogen) atoms. The first-order valence-corrected chi connectivity index (χ1v) is 9.73. The Hall–Kier alpha value is 0.510. The van der Waals surface area contributed by atoms with Crippen LogP contribution >= 0.6 is 75.8 Å². The average molecular weight is 453 g/mol. The Bertz CT molecular complexity index is 382. The van der Waals surface area contributed by atoms with Gasteiger partial charge in [0.15, 0.2) is 0 Å². The Labute approximate surface area is 174 Å². The summed E-state index contributed by atoms with van der Waals surface area (Å²) in [6.45, 7) is 1.29. The van der Waals surface area contributed by atoms with Gasteiger partial charge < -0.3 is 14.2 Å². The topological polar surface area (TPSA) is 78.9 Å². The Kier molecular flexibility index (Phi) is 12.3. The molecule has 0 aliphatic heterocycles. The van der Waals surface area contributed by atoms with Gasteiger partial charge in [-0.15, -0.1) is 0 Å². The molecule has 0 unspecified atom stereocenters. The van der Waals surface area contributed by atoms with Crippen molar-refractivity contribution < 1.29 is 28.6 Å². The number of carbonyl (C=O) groups is 3. The summed E-state index contributed by atoms with van der Waals surface area (Å²) >= 11 is 23.1. The Balaban J connectivity index is 5.01. The minimum absolute atomic E-state index is 0.159. The summed E-state index contributed by atoms with van der Waals surface area (Å²) in [5.74, 6) is -2.00. The molecule has 0 aliphatic rings. The molecular formula is C12H20O6S6. The van der Waals surface area contributed by atoms with Crippen LogP contribution in [0.2, 0.25) is 0 Å². The fraction of sp³-hybridized carbons (Fsp3) is 0.750. The van der Waals surface area contributed by atoms with E-state index >= 15 is 0 Å². The van der Waals surface area contributed by atoms with Crippen molar-refractivity contribution in [2.45, 2.75) is 27.1 Å². The van der Waals surface area contributed by atoms with E-state index in [1.165, 1.54) is 0 Å². The highest BCUT2D eigenvalue weighted by Crippen LogP contribution is 2.26. The summed E-state index contributed by atoms with van der Waals surface area (Å²) in [6, 6.07) is 0. The first kappa shape index (κ1) is 24.5. The van der Waals surface area contributed by atoms with Crippen LogP contribution in [0, 0.1) is 5.41 Å². The lowest BCUT2D eigenvalue weighted by molar-refractivity contribution is -0.159. The van der Waals surface area contributed by atoms with Gasteiger partial charge in [0.05, 0.1) is 5.41 Å². The van der Waals surface area contributed by atoms with Crippen LogP contribution in [0.15, 0.2) is 0 Å². The van der Waals surface area contributed by atoms with Crippen LogP contribution in [-0.2, 0) is 28.6 Å². The number of esters is 3. The molecule has 0 saturated heterocycles. The lowest BCUT2D eigenvalue weighted by Crippen LogP contribution is -2.40. The normalized spacial score (nSPS) is 11.8. The van der Waals surface area contributed by atoms with E-state index in [1.807, 2.05) is 0 Å². The first-order chi connectivity index (χ1) is 11.0. The van der Waals surface area contributed by atoms with Crippen LogP contribution in [0.3, 0.4) is 0 Å². The summed E-state index contributed by atoms with van der Waals surface area (Å²) in [7, 11) is 0. The number of hydrogen-bond acceptors (Lipinski definition) is 12. The summed E-state index contributed by atoms with van der Waals surface area (Å²) < 4.78 is 12.5. The van der Waals surface area contributed by atoms with Crippen LogP contribution in [0.25, 0.3) is 0 Å². The Morgan fingerprint density at radius 2 is 0.958 bits per heavy atom. The fourth-order valence-corrected chi connectivity index (χ4v) is 1.77. The van der Waals surface area contributed by atoms with Crippen LogP contribution in [0.4, 0.5) is 0 Å². The highest BCUT2D eigenvalue weighted by molar-refractivity contribution is 8.01. The van der Waals surface area contributed by atoms with E-state index < -0.39 is 37.1 Å². The minimum atomic E-state index is -0.940. The molecular weight excluding hydrogens is 433 g/mol. The maximum absolute atomic E-state index is 11.6. The number of rotatable bonds is 10. The monoisotopic (exact) mass is 452 g/mol.